The van der Waals surface area contributed by atoms with Gasteiger partial charge in [0.15, 0.2) is 0 Å². The molecule has 2 rings (SSSR count). The fourth-order valence-electron chi connectivity index (χ4n) is 2.40. The van der Waals surface area contributed by atoms with Crippen LogP contribution >= 0.6 is 0 Å². The summed E-state index contributed by atoms with van der Waals surface area (Å²) in [6.07, 6.45) is -0.0535. The maximum Gasteiger partial charge on any atom is 0.114 e. The number of hydrogen-bond acceptors (Lipinski definition) is 3. The van der Waals surface area contributed by atoms with Crippen molar-refractivity contribution in [1.29, 1.82) is 5.26 Å². The van der Waals surface area contributed by atoms with Crippen LogP contribution in [-0.4, -0.2) is 37.8 Å². The van der Waals surface area contributed by atoms with Crippen molar-refractivity contribution in [1.82, 2.24) is 10.2 Å². The highest BCUT2D eigenvalue weighted by molar-refractivity contribution is 5.34. The van der Waals surface area contributed by atoms with Crippen LogP contribution < -0.4 is 5.32 Å². The van der Waals surface area contributed by atoms with Gasteiger partial charge in [-0.1, -0.05) is 12.1 Å². The maximum atomic E-state index is 13.1. The Morgan fingerprint density at radius 1 is 1.61 bits per heavy atom. The van der Waals surface area contributed by atoms with Gasteiger partial charge in [-0.2, -0.15) is 5.26 Å². The molecule has 1 aliphatic heterocycles. The van der Waals surface area contributed by atoms with E-state index in [0.717, 1.165) is 18.7 Å². The SMILES string of the molecule is CNC(CN1CC[C@H](F)C1)c1cccc(C#N)c1. The number of likely N-dealkylation sites (tertiary alicyclic amines) is 1. The van der Waals surface area contributed by atoms with E-state index >= 15 is 0 Å². The van der Waals surface area contributed by atoms with Gasteiger partial charge < -0.3 is 5.32 Å². The molecule has 1 heterocycles. The first-order chi connectivity index (χ1) is 8.72. The molecule has 1 unspecified atom stereocenters. The van der Waals surface area contributed by atoms with E-state index in [0.29, 0.717) is 18.5 Å². The summed E-state index contributed by atoms with van der Waals surface area (Å²) in [7, 11) is 1.90. The van der Waals surface area contributed by atoms with Gasteiger partial charge in [-0.05, 0) is 31.2 Å². The van der Waals surface area contributed by atoms with E-state index < -0.39 is 6.17 Å². The molecule has 0 spiro atoms. The predicted molar refractivity (Wildman–Crippen MR) is 68.9 cm³/mol. The Hall–Kier alpha value is -1.44. The maximum absolute atomic E-state index is 13.1. The second-order valence-electron chi connectivity index (χ2n) is 4.72. The Labute approximate surface area is 107 Å². The van der Waals surface area contributed by atoms with Crippen molar-refractivity contribution in [2.75, 3.05) is 26.7 Å². The van der Waals surface area contributed by atoms with Crippen molar-refractivity contribution < 1.29 is 4.39 Å². The second kappa shape index (κ2) is 5.94. The highest BCUT2D eigenvalue weighted by atomic mass is 19.1. The zero-order valence-corrected chi connectivity index (χ0v) is 10.6. The van der Waals surface area contributed by atoms with Gasteiger partial charge in [-0.3, -0.25) is 4.90 Å². The summed E-state index contributed by atoms with van der Waals surface area (Å²) >= 11 is 0. The van der Waals surface area contributed by atoms with Crippen LogP contribution in [0, 0.1) is 11.3 Å². The van der Waals surface area contributed by atoms with E-state index in [1.54, 1.807) is 6.07 Å². The fourth-order valence-corrected chi connectivity index (χ4v) is 2.40. The minimum atomic E-state index is -0.687. The van der Waals surface area contributed by atoms with Gasteiger partial charge in [0.1, 0.15) is 6.17 Å². The van der Waals surface area contributed by atoms with Crippen molar-refractivity contribution in [2.24, 2.45) is 0 Å². The van der Waals surface area contributed by atoms with Crippen LogP contribution in [0.15, 0.2) is 24.3 Å². The summed E-state index contributed by atoms with van der Waals surface area (Å²) in [5, 5.41) is 12.1. The van der Waals surface area contributed by atoms with Gasteiger partial charge >= 0.3 is 0 Å². The van der Waals surface area contributed by atoms with Crippen molar-refractivity contribution >= 4 is 0 Å². The first-order valence-electron chi connectivity index (χ1n) is 6.26. The van der Waals surface area contributed by atoms with Crippen molar-refractivity contribution in [3.05, 3.63) is 35.4 Å². The molecule has 1 aliphatic rings. The Kier molecular flexibility index (Phi) is 4.29. The largest absolute Gasteiger partial charge is 0.312 e. The molecule has 0 bridgehead atoms. The zero-order valence-electron chi connectivity index (χ0n) is 10.6. The highest BCUT2D eigenvalue weighted by Crippen LogP contribution is 2.19. The number of likely N-dealkylation sites (N-methyl/N-ethyl adjacent to an activating group) is 1. The van der Waals surface area contributed by atoms with E-state index in [1.807, 2.05) is 25.2 Å². The average molecular weight is 247 g/mol. The molecule has 96 valence electrons. The van der Waals surface area contributed by atoms with Crippen molar-refractivity contribution in [3.8, 4) is 6.07 Å². The fraction of sp³-hybridized carbons (Fsp3) is 0.500. The molecular weight excluding hydrogens is 229 g/mol. The Balaban J connectivity index is 2.06. The van der Waals surface area contributed by atoms with Gasteiger partial charge in [-0.25, -0.2) is 4.39 Å². The molecule has 1 N–H and O–H groups in total. The van der Waals surface area contributed by atoms with E-state index in [-0.39, 0.29) is 6.04 Å². The lowest BCUT2D eigenvalue weighted by molar-refractivity contribution is 0.265. The Morgan fingerprint density at radius 2 is 2.44 bits per heavy atom. The lowest BCUT2D eigenvalue weighted by Gasteiger charge is -2.23. The van der Waals surface area contributed by atoms with Gasteiger partial charge in [-0.15, -0.1) is 0 Å². The highest BCUT2D eigenvalue weighted by Gasteiger charge is 2.24. The third-order valence-electron chi connectivity index (χ3n) is 3.42. The lowest BCUT2D eigenvalue weighted by Crippen LogP contribution is -2.32. The number of hydrogen-bond donors (Lipinski definition) is 1. The van der Waals surface area contributed by atoms with Crippen LogP contribution in [0.2, 0.25) is 0 Å². The molecule has 4 heteroatoms. The lowest BCUT2D eigenvalue weighted by atomic mass is 10.0. The molecule has 0 amide bonds. The van der Waals surface area contributed by atoms with E-state index in [4.69, 9.17) is 5.26 Å². The summed E-state index contributed by atoms with van der Waals surface area (Å²) in [6.45, 7) is 2.12. The third-order valence-corrected chi connectivity index (χ3v) is 3.42. The molecule has 1 fully saturated rings. The molecule has 1 aromatic rings. The molecular formula is C14H18FN3. The quantitative estimate of drug-likeness (QED) is 0.882. The minimum Gasteiger partial charge on any atom is -0.312 e. The normalized spacial score (nSPS) is 21.7. The standard InChI is InChI=1S/C14H18FN3/c1-17-14(10-18-6-5-13(15)9-18)12-4-2-3-11(7-12)8-16/h2-4,7,13-14,17H,5-6,9-10H2,1H3/t13-,14?/m0/s1. The zero-order chi connectivity index (χ0) is 13.0. The van der Waals surface area contributed by atoms with Gasteiger partial charge in [0.25, 0.3) is 0 Å². The molecule has 1 aromatic carbocycles. The van der Waals surface area contributed by atoms with Crippen LogP contribution in [0.5, 0.6) is 0 Å². The Morgan fingerprint density at radius 3 is 3.06 bits per heavy atom. The summed E-state index contributed by atoms with van der Waals surface area (Å²) in [5.41, 5.74) is 1.75. The van der Waals surface area contributed by atoms with E-state index in [2.05, 4.69) is 16.3 Å². The van der Waals surface area contributed by atoms with E-state index in [9.17, 15) is 4.39 Å². The van der Waals surface area contributed by atoms with Gasteiger partial charge in [0, 0.05) is 25.7 Å². The first kappa shape index (κ1) is 13.0. The van der Waals surface area contributed by atoms with Crippen molar-refractivity contribution in [2.45, 2.75) is 18.6 Å². The number of alkyl halides is 1. The number of halogens is 1. The molecule has 0 aromatic heterocycles. The summed E-state index contributed by atoms with van der Waals surface area (Å²) < 4.78 is 13.1. The first-order valence-corrected chi connectivity index (χ1v) is 6.26. The van der Waals surface area contributed by atoms with Gasteiger partial charge in [0.05, 0.1) is 11.6 Å². The van der Waals surface area contributed by atoms with Crippen LogP contribution in [0.1, 0.15) is 23.6 Å². The molecule has 1 saturated heterocycles. The topological polar surface area (TPSA) is 39.1 Å². The monoisotopic (exact) mass is 247 g/mol. The molecule has 0 saturated carbocycles. The van der Waals surface area contributed by atoms with Gasteiger partial charge in [0.2, 0.25) is 0 Å². The second-order valence-corrected chi connectivity index (χ2v) is 4.72. The average Bonchev–Trinajstić information content (AvgIpc) is 2.81. The summed E-state index contributed by atoms with van der Waals surface area (Å²) in [4.78, 5) is 2.13. The molecule has 0 aliphatic carbocycles. The molecule has 3 nitrogen and oxygen atoms in total. The van der Waals surface area contributed by atoms with Crippen LogP contribution in [0.25, 0.3) is 0 Å². The molecule has 0 radical (unpaired) electrons. The Bertz CT molecular complexity index is 441. The van der Waals surface area contributed by atoms with E-state index in [1.165, 1.54) is 0 Å². The molecule has 18 heavy (non-hydrogen) atoms. The van der Waals surface area contributed by atoms with Crippen LogP contribution in [0.3, 0.4) is 0 Å². The number of rotatable bonds is 4. The summed E-state index contributed by atoms with van der Waals surface area (Å²) in [5.74, 6) is 0. The predicted octanol–water partition coefficient (Wildman–Crippen LogP) is 1.86. The smallest absolute Gasteiger partial charge is 0.114 e. The minimum absolute atomic E-state index is 0.142. The van der Waals surface area contributed by atoms with Crippen molar-refractivity contribution in [3.63, 3.8) is 0 Å². The number of nitrogens with zero attached hydrogens (tertiary/aromatic N) is 2. The van der Waals surface area contributed by atoms with Crippen LogP contribution in [-0.2, 0) is 0 Å². The number of nitrogens with one attached hydrogen (secondary N) is 1. The summed E-state index contributed by atoms with van der Waals surface area (Å²) in [6, 6.07) is 9.87. The number of benzene rings is 1. The third kappa shape index (κ3) is 3.06. The van der Waals surface area contributed by atoms with Crippen LogP contribution in [0.4, 0.5) is 4.39 Å². The number of nitriles is 1. The molecule has 2 atom stereocenters.